The summed E-state index contributed by atoms with van der Waals surface area (Å²) in [7, 11) is 1.31. The summed E-state index contributed by atoms with van der Waals surface area (Å²) in [5.74, 6) is -0.0307. The van der Waals surface area contributed by atoms with Crippen LogP contribution in [0, 0.1) is 11.3 Å². The summed E-state index contributed by atoms with van der Waals surface area (Å²) in [6.45, 7) is 3.68. The SMILES string of the molecule is CO/N=C(\C#N)c1cnc(C(C)C)c(S(=O)[O-])c1. The van der Waals surface area contributed by atoms with Crippen molar-refractivity contribution in [3.05, 3.63) is 23.5 Å². The van der Waals surface area contributed by atoms with Gasteiger partial charge in [-0.25, -0.2) is 0 Å². The van der Waals surface area contributed by atoms with E-state index in [-0.39, 0.29) is 16.5 Å². The van der Waals surface area contributed by atoms with E-state index in [9.17, 15) is 8.76 Å². The summed E-state index contributed by atoms with van der Waals surface area (Å²) >= 11 is -2.41. The highest BCUT2D eigenvalue weighted by molar-refractivity contribution is 7.79. The van der Waals surface area contributed by atoms with Crippen LogP contribution in [0.4, 0.5) is 0 Å². The molecule has 1 heterocycles. The first-order valence-electron chi connectivity index (χ1n) is 5.12. The predicted molar refractivity (Wildman–Crippen MR) is 64.7 cm³/mol. The van der Waals surface area contributed by atoms with Crippen LogP contribution in [0.3, 0.4) is 0 Å². The van der Waals surface area contributed by atoms with E-state index in [0.717, 1.165) is 0 Å². The third-order valence-corrected chi connectivity index (χ3v) is 2.86. The fourth-order valence-electron chi connectivity index (χ4n) is 1.38. The monoisotopic (exact) mass is 266 g/mol. The predicted octanol–water partition coefficient (Wildman–Crippen LogP) is 1.32. The van der Waals surface area contributed by atoms with Gasteiger partial charge in [0.25, 0.3) is 0 Å². The van der Waals surface area contributed by atoms with Crippen LogP contribution in [0.2, 0.25) is 0 Å². The van der Waals surface area contributed by atoms with Crippen molar-refractivity contribution in [1.29, 1.82) is 5.26 Å². The molecule has 0 radical (unpaired) electrons. The Bertz CT molecular complexity index is 535. The van der Waals surface area contributed by atoms with Crippen LogP contribution in [0.25, 0.3) is 0 Å². The Balaban J connectivity index is 3.36. The van der Waals surface area contributed by atoms with Crippen molar-refractivity contribution in [2.45, 2.75) is 24.7 Å². The molecular weight excluding hydrogens is 254 g/mol. The van der Waals surface area contributed by atoms with Gasteiger partial charge in [-0.3, -0.25) is 9.19 Å². The highest BCUT2D eigenvalue weighted by Crippen LogP contribution is 2.20. The molecule has 6 nitrogen and oxygen atoms in total. The van der Waals surface area contributed by atoms with Crippen molar-refractivity contribution in [1.82, 2.24) is 4.98 Å². The van der Waals surface area contributed by atoms with Crippen molar-refractivity contribution >= 4 is 16.8 Å². The smallest absolute Gasteiger partial charge is 0.188 e. The first kappa shape index (κ1) is 14.3. The highest BCUT2D eigenvalue weighted by Gasteiger charge is 2.13. The van der Waals surface area contributed by atoms with E-state index in [4.69, 9.17) is 5.26 Å². The normalized spacial score (nSPS) is 13.2. The molecule has 1 atom stereocenters. The lowest BCUT2D eigenvalue weighted by Crippen LogP contribution is -2.07. The quantitative estimate of drug-likeness (QED) is 0.465. The topological polar surface area (TPSA) is 98.4 Å². The van der Waals surface area contributed by atoms with Crippen LogP contribution in [0.5, 0.6) is 0 Å². The third-order valence-electron chi connectivity index (χ3n) is 2.17. The molecule has 1 rings (SSSR count). The molecule has 0 bridgehead atoms. The van der Waals surface area contributed by atoms with E-state index in [0.29, 0.717) is 11.3 Å². The Morgan fingerprint density at radius 1 is 1.67 bits per heavy atom. The number of pyridine rings is 1. The summed E-state index contributed by atoms with van der Waals surface area (Å²) in [4.78, 5) is 8.65. The first-order valence-corrected chi connectivity index (χ1v) is 6.19. The molecule has 18 heavy (non-hydrogen) atoms. The second-order valence-corrected chi connectivity index (χ2v) is 4.64. The highest BCUT2D eigenvalue weighted by atomic mass is 32.2. The van der Waals surface area contributed by atoms with Gasteiger partial charge in [-0.2, -0.15) is 5.26 Å². The van der Waals surface area contributed by atoms with Crippen LogP contribution in [0.1, 0.15) is 31.0 Å². The average molecular weight is 266 g/mol. The molecule has 0 aliphatic rings. The zero-order valence-corrected chi connectivity index (χ0v) is 11.0. The maximum atomic E-state index is 11.2. The summed E-state index contributed by atoms with van der Waals surface area (Å²) in [5, 5.41) is 12.4. The molecule has 1 aromatic rings. The minimum absolute atomic E-state index is 0.0213. The molecule has 0 N–H and O–H groups in total. The molecule has 0 saturated carbocycles. The van der Waals surface area contributed by atoms with Crippen molar-refractivity contribution in [3.63, 3.8) is 0 Å². The molecule has 0 amide bonds. The summed E-state index contributed by atoms with van der Waals surface area (Å²) in [5.41, 5.74) is 0.747. The fraction of sp³-hybridized carbons (Fsp3) is 0.364. The number of nitriles is 1. The molecule has 96 valence electrons. The van der Waals surface area contributed by atoms with E-state index < -0.39 is 11.1 Å². The molecular formula is C11H12N3O3S-. The van der Waals surface area contributed by atoms with Crippen LogP contribution < -0.4 is 0 Å². The summed E-state index contributed by atoms with van der Waals surface area (Å²) < 4.78 is 22.3. The molecule has 0 spiro atoms. The van der Waals surface area contributed by atoms with E-state index in [1.807, 2.05) is 19.9 Å². The zero-order chi connectivity index (χ0) is 13.7. The number of rotatable bonds is 4. The van der Waals surface area contributed by atoms with Gasteiger partial charge in [0.05, 0.1) is 5.69 Å². The van der Waals surface area contributed by atoms with E-state index in [1.54, 1.807) is 0 Å². The number of aromatic nitrogens is 1. The number of nitrogens with zero attached hydrogens (tertiary/aromatic N) is 3. The second-order valence-electron chi connectivity index (χ2n) is 3.73. The maximum absolute atomic E-state index is 11.2. The van der Waals surface area contributed by atoms with Gasteiger partial charge < -0.3 is 9.39 Å². The Morgan fingerprint density at radius 3 is 2.78 bits per heavy atom. The van der Waals surface area contributed by atoms with Crippen LogP contribution in [-0.4, -0.2) is 26.6 Å². The summed E-state index contributed by atoms with van der Waals surface area (Å²) in [6, 6.07) is 3.19. The largest absolute Gasteiger partial charge is 0.768 e. The molecule has 1 unspecified atom stereocenters. The number of oxime groups is 1. The van der Waals surface area contributed by atoms with Crippen LogP contribution in [-0.2, 0) is 15.9 Å². The lowest BCUT2D eigenvalue weighted by molar-refractivity contribution is 0.214. The minimum atomic E-state index is -2.41. The minimum Gasteiger partial charge on any atom is -0.768 e. The third kappa shape index (κ3) is 3.12. The molecule has 0 aliphatic heterocycles. The zero-order valence-electron chi connectivity index (χ0n) is 10.2. The van der Waals surface area contributed by atoms with Crippen molar-refractivity contribution in [2.24, 2.45) is 5.16 Å². The average Bonchev–Trinajstić information content (AvgIpc) is 2.35. The van der Waals surface area contributed by atoms with Gasteiger partial charge >= 0.3 is 0 Å². The first-order chi connectivity index (χ1) is 8.51. The lowest BCUT2D eigenvalue weighted by atomic mass is 10.1. The molecule has 0 aliphatic carbocycles. The Morgan fingerprint density at radius 2 is 2.33 bits per heavy atom. The molecule has 0 saturated heterocycles. The van der Waals surface area contributed by atoms with Gasteiger partial charge in [0, 0.05) is 16.7 Å². The Hall–Kier alpha value is -1.78. The van der Waals surface area contributed by atoms with Gasteiger partial charge in [-0.1, -0.05) is 19.0 Å². The van der Waals surface area contributed by atoms with Crippen molar-refractivity contribution < 1.29 is 13.6 Å². The standard InChI is InChI=1S/C11H13N3O3S/c1-7(2)11-10(18(15)16)4-8(6-13-11)9(5-12)14-17-3/h4,6-7H,1-3H3,(H,15,16)/p-1/b14-9+. The van der Waals surface area contributed by atoms with E-state index in [2.05, 4.69) is 15.0 Å². The van der Waals surface area contributed by atoms with E-state index >= 15 is 0 Å². The molecule has 0 fully saturated rings. The molecule has 1 aromatic heterocycles. The number of hydrogen-bond acceptors (Lipinski definition) is 6. The Labute approximate surface area is 108 Å². The second kappa shape index (κ2) is 6.23. The Kier molecular flexibility index (Phi) is 4.95. The van der Waals surface area contributed by atoms with Gasteiger partial charge in [0.1, 0.15) is 13.2 Å². The van der Waals surface area contributed by atoms with Gasteiger partial charge in [-0.05, 0) is 23.1 Å². The van der Waals surface area contributed by atoms with Crippen molar-refractivity contribution in [3.8, 4) is 6.07 Å². The van der Waals surface area contributed by atoms with Crippen LogP contribution >= 0.6 is 0 Å². The van der Waals surface area contributed by atoms with Crippen molar-refractivity contribution in [2.75, 3.05) is 7.11 Å². The lowest BCUT2D eigenvalue weighted by Gasteiger charge is -2.14. The maximum Gasteiger partial charge on any atom is 0.188 e. The van der Waals surface area contributed by atoms with Gasteiger partial charge in [0.15, 0.2) is 5.71 Å². The summed E-state index contributed by atoms with van der Waals surface area (Å²) in [6.07, 6.45) is 1.41. The number of hydrogen-bond donors (Lipinski definition) is 0. The van der Waals surface area contributed by atoms with Crippen LogP contribution in [0.15, 0.2) is 22.3 Å². The van der Waals surface area contributed by atoms with Gasteiger partial charge in [-0.15, -0.1) is 0 Å². The molecule has 0 aromatic carbocycles. The van der Waals surface area contributed by atoms with Gasteiger partial charge in [0.2, 0.25) is 0 Å². The fourth-order valence-corrected chi connectivity index (χ4v) is 2.06. The molecule has 7 heteroatoms. The van der Waals surface area contributed by atoms with E-state index in [1.165, 1.54) is 19.4 Å².